The highest BCUT2D eigenvalue weighted by Gasteiger charge is 2.25. The summed E-state index contributed by atoms with van der Waals surface area (Å²) in [4.78, 5) is 17.5. The normalized spacial score (nSPS) is 16.5. The molecule has 0 radical (unpaired) electrons. The summed E-state index contributed by atoms with van der Waals surface area (Å²) in [6.45, 7) is 5.85. The van der Waals surface area contributed by atoms with Crippen LogP contribution in [-0.4, -0.2) is 15.6 Å². The van der Waals surface area contributed by atoms with Gasteiger partial charge in [-0.1, -0.05) is 33.6 Å². The van der Waals surface area contributed by atoms with E-state index < -0.39 is 0 Å². The average molecular weight is 484 g/mol. The van der Waals surface area contributed by atoms with E-state index in [0.29, 0.717) is 20.2 Å². The molecular weight excluding hydrogens is 465 g/mol. The average Bonchev–Trinajstić information content (AvgIpc) is 3.17. The maximum Gasteiger partial charge on any atom is 0.264 e. The summed E-state index contributed by atoms with van der Waals surface area (Å²) < 4.78 is 17.0. The topological polar surface area (TPSA) is 46.4 Å². The van der Waals surface area contributed by atoms with E-state index in [2.05, 4.69) is 26.2 Å². The predicted molar refractivity (Wildman–Crippen MR) is 125 cm³/mol. The molecule has 1 aliphatic heterocycles. The largest absolute Gasteiger partial charge is 0.315 e. The van der Waals surface area contributed by atoms with Gasteiger partial charge in [0.15, 0.2) is 5.17 Å². The van der Waals surface area contributed by atoms with Crippen LogP contribution in [0.25, 0.3) is 11.8 Å². The predicted octanol–water partition coefficient (Wildman–Crippen LogP) is 6.20. The van der Waals surface area contributed by atoms with E-state index in [9.17, 15) is 9.18 Å². The Morgan fingerprint density at radius 1 is 1.10 bits per heavy atom. The Morgan fingerprint density at radius 3 is 2.53 bits per heavy atom. The molecule has 0 spiro atoms. The highest BCUT2D eigenvalue weighted by Crippen LogP contribution is 2.31. The maximum atomic E-state index is 14.5. The first-order chi connectivity index (χ1) is 14.3. The van der Waals surface area contributed by atoms with Crippen molar-refractivity contribution in [2.24, 2.45) is 4.99 Å². The molecular formula is C23H19BrFN3OS. The number of aliphatic imine (C=N–C) groups is 1. The number of halogens is 2. The highest BCUT2D eigenvalue weighted by molar-refractivity contribution is 9.10. The van der Waals surface area contributed by atoms with Crippen molar-refractivity contribution >= 4 is 50.5 Å². The molecule has 0 saturated carbocycles. The monoisotopic (exact) mass is 483 g/mol. The number of hydrogen-bond donors (Lipinski definition) is 1. The van der Waals surface area contributed by atoms with Crippen LogP contribution >= 0.6 is 27.7 Å². The van der Waals surface area contributed by atoms with E-state index in [-0.39, 0.29) is 11.7 Å². The minimum atomic E-state index is -0.314. The van der Waals surface area contributed by atoms with Crippen molar-refractivity contribution in [3.05, 3.63) is 86.2 Å². The van der Waals surface area contributed by atoms with Gasteiger partial charge in [0.05, 0.1) is 16.3 Å². The third-order valence-electron chi connectivity index (χ3n) is 4.82. The zero-order valence-corrected chi connectivity index (χ0v) is 19.1. The van der Waals surface area contributed by atoms with Gasteiger partial charge in [0, 0.05) is 15.9 Å². The number of aromatic nitrogens is 1. The molecule has 2 aromatic carbocycles. The van der Waals surface area contributed by atoms with Crippen LogP contribution in [0.4, 0.5) is 10.1 Å². The SMILES string of the molecule is Cc1ccc(N=C2NC(=O)/C(=C\c3cc(C)n(-c4ccc(Br)cc4F)c3C)S2)cc1. The number of benzene rings is 2. The first-order valence-electron chi connectivity index (χ1n) is 9.32. The van der Waals surface area contributed by atoms with E-state index in [0.717, 1.165) is 28.2 Å². The van der Waals surface area contributed by atoms with Crippen LogP contribution in [0, 0.1) is 26.6 Å². The van der Waals surface area contributed by atoms with Gasteiger partial charge in [-0.2, -0.15) is 0 Å². The van der Waals surface area contributed by atoms with Crippen LogP contribution in [0.5, 0.6) is 0 Å². The summed E-state index contributed by atoms with van der Waals surface area (Å²) >= 11 is 4.59. The molecule has 3 aromatic rings. The minimum Gasteiger partial charge on any atom is -0.315 e. The first-order valence-corrected chi connectivity index (χ1v) is 10.9. The Labute approximate surface area is 187 Å². The molecule has 1 fully saturated rings. The molecule has 1 aliphatic rings. The fourth-order valence-electron chi connectivity index (χ4n) is 3.33. The van der Waals surface area contributed by atoms with Gasteiger partial charge in [-0.3, -0.25) is 4.79 Å². The molecule has 4 rings (SSSR count). The van der Waals surface area contributed by atoms with Crippen LogP contribution in [0.3, 0.4) is 0 Å². The van der Waals surface area contributed by atoms with Crippen molar-refractivity contribution in [1.29, 1.82) is 0 Å². The third kappa shape index (κ3) is 4.13. The lowest BCUT2D eigenvalue weighted by Crippen LogP contribution is -2.19. The molecule has 0 atom stereocenters. The summed E-state index contributed by atoms with van der Waals surface area (Å²) in [6, 6.07) is 14.7. The standard InChI is InChI=1S/C23H19BrFN3OS/c1-13-4-7-18(8-5-13)26-23-27-22(29)21(30-23)11-16-10-14(2)28(15(16)3)20-9-6-17(24)12-19(20)25/h4-12H,1-3H3,(H,26,27,29)/b21-11+. The van der Waals surface area contributed by atoms with E-state index in [1.165, 1.54) is 17.8 Å². The minimum absolute atomic E-state index is 0.189. The Morgan fingerprint density at radius 2 is 1.83 bits per heavy atom. The zero-order chi connectivity index (χ0) is 21.4. The molecule has 152 valence electrons. The van der Waals surface area contributed by atoms with Crippen molar-refractivity contribution in [1.82, 2.24) is 9.88 Å². The van der Waals surface area contributed by atoms with Gasteiger partial charge in [0.2, 0.25) is 0 Å². The lowest BCUT2D eigenvalue weighted by molar-refractivity contribution is -0.115. The number of aryl methyl sites for hydroxylation is 2. The van der Waals surface area contributed by atoms with Crippen LogP contribution in [0.1, 0.15) is 22.5 Å². The molecule has 30 heavy (non-hydrogen) atoms. The Bertz CT molecular complexity index is 1210. The molecule has 7 heteroatoms. The smallest absolute Gasteiger partial charge is 0.264 e. The van der Waals surface area contributed by atoms with Crippen molar-refractivity contribution < 1.29 is 9.18 Å². The number of nitrogens with one attached hydrogen (secondary N) is 1. The summed E-state index contributed by atoms with van der Waals surface area (Å²) in [5, 5.41) is 3.35. The second-order valence-corrected chi connectivity index (χ2v) is 9.02. The number of carbonyl (C=O) groups is 1. The van der Waals surface area contributed by atoms with Crippen molar-refractivity contribution in [3.8, 4) is 5.69 Å². The van der Waals surface area contributed by atoms with E-state index in [1.807, 2.05) is 67.8 Å². The molecule has 1 N–H and O–H groups in total. The third-order valence-corrected chi connectivity index (χ3v) is 6.23. The summed E-state index contributed by atoms with van der Waals surface area (Å²) in [6.07, 6.45) is 1.83. The van der Waals surface area contributed by atoms with Crippen molar-refractivity contribution in [3.63, 3.8) is 0 Å². The Balaban J connectivity index is 1.65. The van der Waals surface area contributed by atoms with E-state index in [1.54, 1.807) is 6.07 Å². The van der Waals surface area contributed by atoms with Crippen LogP contribution in [0.15, 0.2) is 62.9 Å². The van der Waals surface area contributed by atoms with Crippen molar-refractivity contribution in [2.45, 2.75) is 20.8 Å². The Kier molecular flexibility index (Phi) is 5.66. The van der Waals surface area contributed by atoms with Crippen molar-refractivity contribution in [2.75, 3.05) is 0 Å². The van der Waals surface area contributed by atoms with Gasteiger partial charge in [-0.25, -0.2) is 9.38 Å². The highest BCUT2D eigenvalue weighted by atomic mass is 79.9. The summed E-state index contributed by atoms with van der Waals surface area (Å²) in [5.74, 6) is -0.503. The maximum absolute atomic E-state index is 14.5. The fourth-order valence-corrected chi connectivity index (χ4v) is 4.49. The zero-order valence-electron chi connectivity index (χ0n) is 16.7. The summed E-state index contributed by atoms with van der Waals surface area (Å²) in [7, 11) is 0. The Hall–Kier alpha value is -2.64. The number of amidine groups is 1. The lowest BCUT2D eigenvalue weighted by Gasteiger charge is -2.11. The fraction of sp³-hybridized carbons (Fsp3) is 0.130. The van der Waals surface area contributed by atoms with E-state index >= 15 is 0 Å². The molecule has 1 saturated heterocycles. The van der Waals surface area contributed by atoms with Gasteiger partial charge >= 0.3 is 0 Å². The molecule has 1 amide bonds. The number of rotatable bonds is 3. The second-order valence-electron chi connectivity index (χ2n) is 7.07. The van der Waals surface area contributed by atoms with E-state index in [4.69, 9.17) is 0 Å². The number of carbonyl (C=O) groups excluding carboxylic acids is 1. The van der Waals surface area contributed by atoms with Gasteiger partial charge < -0.3 is 9.88 Å². The van der Waals surface area contributed by atoms with Crippen LogP contribution in [-0.2, 0) is 4.79 Å². The van der Waals surface area contributed by atoms with Crippen LogP contribution in [0.2, 0.25) is 0 Å². The molecule has 0 unspecified atom stereocenters. The summed E-state index contributed by atoms with van der Waals surface area (Å²) in [5.41, 5.74) is 5.02. The lowest BCUT2D eigenvalue weighted by atomic mass is 10.2. The molecule has 4 nitrogen and oxygen atoms in total. The first kappa shape index (κ1) is 20.6. The molecule has 0 aliphatic carbocycles. The number of hydrogen-bond acceptors (Lipinski definition) is 3. The molecule has 2 heterocycles. The molecule has 0 bridgehead atoms. The number of amides is 1. The quantitative estimate of drug-likeness (QED) is 0.451. The van der Waals surface area contributed by atoms with Gasteiger partial charge in [-0.15, -0.1) is 0 Å². The van der Waals surface area contributed by atoms with Gasteiger partial charge in [0.1, 0.15) is 5.82 Å². The number of thioether (sulfide) groups is 1. The van der Waals surface area contributed by atoms with Gasteiger partial charge in [0.25, 0.3) is 5.91 Å². The molecule has 1 aromatic heterocycles. The van der Waals surface area contributed by atoms with Gasteiger partial charge in [-0.05, 0) is 80.6 Å². The number of nitrogens with zero attached hydrogens (tertiary/aromatic N) is 2. The second kappa shape index (κ2) is 8.24. The van der Waals surface area contributed by atoms with Crippen LogP contribution < -0.4 is 5.32 Å².